The molecule has 1 unspecified atom stereocenters. The molecule has 1 atom stereocenters. The molecule has 1 N–H and O–H groups in total. The van der Waals surface area contributed by atoms with Crippen molar-refractivity contribution in [1.29, 1.82) is 0 Å². The fourth-order valence-corrected chi connectivity index (χ4v) is 1.87. The molecule has 1 rings (SSSR count). The van der Waals surface area contributed by atoms with E-state index in [-0.39, 0.29) is 6.54 Å². The summed E-state index contributed by atoms with van der Waals surface area (Å²) in [5, 5.41) is 8.82. The lowest BCUT2D eigenvalue weighted by atomic mass is 10.1. The Morgan fingerprint density at radius 3 is 2.53 bits per heavy atom. The minimum atomic E-state index is -4.32. The number of hydrogen-bond acceptors (Lipinski definition) is 2. The summed E-state index contributed by atoms with van der Waals surface area (Å²) in [7, 11) is 0. The first kappa shape index (κ1) is 12.3. The molecule has 6 heteroatoms. The van der Waals surface area contributed by atoms with Crippen molar-refractivity contribution in [3.8, 4) is 0 Å². The number of hydrogen-bond donors (Lipinski definition) is 1. The van der Waals surface area contributed by atoms with Gasteiger partial charge in [0.2, 0.25) is 0 Å². The molecule has 1 saturated heterocycles. The summed E-state index contributed by atoms with van der Waals surface area (Å²) < 4.78 is 36.5. The fourth-order valence-electron chi connectivity index (χ4n) is 1.87. The Morgan fingerprint density at radius 2 is 2.00 bits per heavy atom. The van der Waals surface area contributed by atoms with E-state index in [0.717, 1.165) is 11.3 Å². The van der Waals surface area contributed by atoms with Crippen LogP contribution >= 0.6 is 0 Å². The van der Waals surface area contributed by atoms with Crippen molar-refractivity contribution in [2.45, 2.75) is 37.9 Å². The molecule has 1 heterocycles. The number of likely N-dealkylation sites (tertiary alicyclic amines) is 1. The SMILES string of the molecule is O=C(O)C1CCCCCN1CC(F)(F)F. The van der Waals surface area contributed by atoms with Crippen LogP contribution in [0.25, 0.3) is 0 Å². The van der Waals surface area contributed by atoms with E-state index in [2.05, 4.69) is 0 Å². The predicted molar refractivity (Wildman–Crippen MR) is 47.5 cm³/mol. The van der Waals surface area contributed by atoms with E-state index in [1.165, 1.54) is 0 Å². The zero-order chi connectivity index (χ0) is 11.5. The number of carbonyl (C=O) groups is 1. The minimum absolute atomic E-state index is 0.219. The van der Waals surface area contributed by atoms with E-state index in [1.807, 2.05) is 0 Å². The molecule has 1 fully saturated rings. The number of halogens is 3. The van der Waals surface area contributed by atoms with Crippen molar-refractivity contribution >= 4 is 5.97 Å². The molecule has 0 amide bonds. The predicted octanol–water partition coefficient (Wildman–Crippen LogP) is 1.88. The van der Waals surface area contributed by atoms with Gasteiger partial charge in [-0.3, -0.25) is 9.69 Å². The van der Waals surface area contributed by atoms with E-state index in [9.17, 15) is 18.0 Å². The van der Waals surface area contributed by atoms with Crippen molar-refractivity contribution in [3.63, 3.8) is 0 Å². The maximum absolute atomic E-state index is 12.2. The molecular weight excluding hydrogens is 211 g/mol. The molecule has 3 nitrogen and oxygen atoms in total. The van der Waals surface area contributed by atoms with Crippen molar-refractivity contribution in [2.75, 3.05) is 13.1 Å². The minimum Gasteiger partial charge on any atom is -0.480 e. The first-order valence-electron chi connectivity index (χ1n) is 4.94. The summed E-state index contributed by atoms with van der Waals surface area (Å²) in [6.07, 6.45) is -1.88. The molecule has 1 aliphatic heterocycles. The average molecular weight is 225 g/mol. The molecule has 0 bridgehead atoms. The first-order valence-corrected chi connectivity index (χ1v) is 4.94. The summed E-state index contributed by atoms with van der Waals surface area (Å²) in [6.45, 7) is -0.902. The maximum atomic E-state index is 12.2. The van der Waals surface area contributed by atoms with E-state index in [4.69, 9.17) is 5.11 Å². The van der Waals surface area contributed by atoms with Crippen molar-refractivity contribution in [3.05, 3.63) is 0 Å². The van der Waals surface area contributed by atoms with Crippen LogP contribution in [0, 0.1) is 0 Å². The molecule has 0 spiro atoms. The van der Waals surface area contributed by atoms with Crippen LogP contribution < -0.4 is 0 Å². The number of alkyl halides is 3. The van der Waals surface area contributed by atoms with Gasteiger partial charge in [0.1, 0.15) is 6.04 Å². The first-order chi connectivity index (χ1) is 6.90. The van der Waals surface area contributed by atoms with Gasteiger partial charge in [0, 0.05) is 0 Å². The van der Waals surface area contributed by atoms with Gasteiger partial charge in [-0.05, 0) is 19.4 Å². The van der Waals surface area contributed by atoms with Gasteiger partial charge in [0.05, 0.1) is 6.54 Å². The van der Waals surface area contributed by atoms with Crippen LogP contribution in [-0.4, -0.2) is 41.3 Å². The normalized spacial score (nSPS) is 24.9. The number of rotatable bonds is 2. The third-order valence-electron chi connectivity index (χ3n) is 2.53. The molecule has 0 radical (unpaired) electrons. The highest BCUT2D eigenvalue weighted by Gasteiger charge is 2.36. The third kappa shape index (κ3) is 4.07. The fraction of sp³-hybridized carbons (Fsp3) is 0.889. The Balaban J connectivity index is 2.66. The van der Waals surface area contributed by atoms with Crippen LogP contribution in [0.1, 0.15) is 25.7 Å². The highest BCUT2D eigenvalue weighted by atomic mass is 19.4. The van der Waals surface area contributed by atoms with Crippen molar-refractivity contribution in [2.24, 2.45) is 0 Å². The molecule has 0 aliphatic carbocycles. The van der Waals surface area contributed by atoms with Gasteiger partial charge in [-0.25, -0.2) is 0 Å². The van der Waals surface area contributed by atoms with Gasteiger partial charge in [-0.1, -0.05) is 12.8 Å². The number of carboxylic acids is 1. The lowest BCUT2D eigenvalue weighted by Gasteiger charge is -2.27. The topological polar surface area (TPSA) is 40.5 Å². The number of carboxylic acid groups (broad SMARTS) is 1. The smallest absolute Gasteiger partial charge is 0.401 e. The lowest BCUT2D eigenvalue weighted by molar-refractivity contribution is -0.161. The molecule has 0 saturated carbocycles. The Morgan fingerprint density at radius 1 is 1.33 bits per heavy atom. The van der Waals surface area contributed by atoms with Crippen molar-refractivity contribution < 1.29 is 23.1 Å². The van der Waals surface area contributed by atoms with Gasteiger partial charge in [0.25, 0.3) is 0 Å². The quantitative estimate of drug-likeness (QED) is 0.780. The molecular formula is C9H14F3NO2. The highest BCUT2D eigenvalue weighted by Crippen LogP contribution is 2.23. The third-order valence-corrected chi connectivity index (χ3v) is 2.53. The molecule has 15 heavy (non-hydrogen) atoms. The molecule has 0 aromatic heterocycles. The van der Waals surface area contributed by atoms with E-state index >= 15 is 0 Å². The summed E-state index contributed by atoms with van der Waals surface area (Å²) in [5.74, 6) is -1.15. The van der Waals surface area contributed by atoms with Gasteiger partial charge in [0.15, 0.2) is 0 Å². The van der Waals surface area contributed by atoms with Gasteiger partial charge < -0.3 is 5.11 Å². The summed E-state index contributed by atoms with van der Waals surface area (Å²) >= 11 is 0. The number of aliphatic carboxylic acids is 1. The molecule has 1 aliphatic rings. The van der Waals surface area contributed by atoms with Crippen LogP contribution in [0.5, 0.6) is 0 Å². The summed E-state index contributed by atoms with van der Waals surface area (Å²) in [4.78, 5) is 11.8. The van der Waals surface area contributed by atoms with E-state index < -0.39 is 24.7 Å². The van der Waals surface area contributed by atoms with Gasteiger partial charge >= 0.3 is 12.1 Å². The van der Waals surface area contributed by atoms with E-state index in [1.54, 1.807) is 0 Å². The Hall–Kier alpha value is -0.780. The van der Waals surface area contributed by atoms with Gasteiger partial charge in [-0.2, -0.15) is 13.2 Å². The Labute approximate surface area is 85.9 Å². The Kier molecular flexibility index (Phi) is 3.96. The second-order valence-corrected chi connectivity index (χ2v) is 3.79. The summed E-state index contributed by atoms with van der Waals surface area (Å²) in [6, 6.07) is -0.978. The summed E-state index contributed by atoms with van der Waals surface area (Å²) in [5.41, 5.74) is 0. The van der Waals surface area contributed by atoms with Crippen LogP contribution in [0.2, 0.25) is 0 Å². The average Bonchev–Trinajstić information content (AvgIpc) is 2.26. The standard InChI is InChI=1S/C9H14F3NO2/c10-9(11,12)6-13-5-3-1-2-4-7(13)8(14)15/h7H,1-6H2,(H,14,15). The number of nitrogens with zero attached hydrogens (tertiary/aromatic N) is 1. The lowest BCUT2D eigenvalue weighted by Crippen LogP contribution is -2.45. The largest absolute Gasteiger partial charge is 0.480 e. The van der Waals surface area contributed by atoms with Crippen molar-refractivity contribution in [1.82, 2.24) is 4.90 Å². The zero-order valence-electron chi connectivity index (χ0n) is 8.26. The second kappa shape index (κ2) is 4.83. The van der Waals surface area contributed by atoms with Gasteiger partial charge in [-0.15, -0.1) is 0 Å². The molecule has 0 aromatic rings. The van der Waals surface area contributed by atoms with Crippen LogP contribution in [0.15, 0.2) is 0 Å². The van der Waals surface area contributed by atoms with Crippen LogP contribution in [0.4, 0.5) is 13.2 Å². The monoisotopic (exact) mass is 225 g/mol. The molecule has 0 aromatic carbocycles. The highest BCUT2D eigenvalue weighted by molar-refractivity contribution is 5.73. The zero-order valence-corrected chi connectivity index (χ0v) is 8.26. The van der Waals surface area contributed by atoms with E-state index in [0.29, 0.717) is 19.3 Å². The molecule has 88 valence electrons. The van der Waals surface area contributed by atoms with Crippen LogP contribution in [0.3, 0.4) is 0 Å². The second-order valence-electron chi connectivity index (χ2n) is 3.79. The maximum Gasteiger partial charge on any atom is 0.401 e. The Bertz CT molecular complexity index is 230. The van der Waals surface area contributed by atoms with Crippen LogP contribution in [-0.2, 0) is 4.79 Å².